The highest BCUT2D eigenvalue weighted by Gasteiger charge is 2.45. The molecule has 0 amide bonds. The standard InChI is InChI=1S/C20H24N6O8/c1-10-7-6-8-15(9-10)20(25(16(21-31)11(2)27)17(22-32)12(3)28)26(18(23-33)13(4)29)19(24-34)14(5)30/h6-9,16,18,20,32,34H,1-5H3. The average molecular weight is 476 g/mol. The second-order valence-electron chi connectivity index (χ2n) is 7.24. The van der Waals surface area contributed by atoms with E-state index in [0.717, 1.165) is 27.7 Å². The molecular weight excluding hydrogens is 452 g/mol. The van der Waals surface area contributed by atoms with Crippen LogP contribution in [0, 0.1) is 16.7 Å². The number of ketones is 4. The monoisotopic (exact) mass is 476 g/mol. The van der Waals surface area contributed by atoms with E-state index in [9.17, 15) is 39.4 Å². The van der Waals surface area contributed by atoms with Crippen molar-refractivity contribution in [2.45, 2.75) is 53.1 Å². The molecule has 0 bridgehead atoms. The Balaban J connectivity index is 4.27. The number of hydrogen-bond donors (Lipinski definition) is 2. The smallest absolute Gasteiger partial charge is 0.225 e. The number of amidine groups is 2. The molecule has 0 heterocycles. The minimum absolute atomic E-state index is 0.0922. The summed E-state index contributed by atoms with van der Waals surface area (Å²) < 4.78 is 0. The molecule has 34 heavy (non-hydrogen) atoms. The first-order valence-electron chi connectivity index (χ1n) is 9.71. The second kappa shape index (κ2) is 12.0. The Morgan fingerprint density at radius 3 is 1.47 bits per heavy atom. The van der Waals surface area contributed by atoms with Gasteiger partial charge >= 0.3 is 0 Å². The molecule has 14 heteroatoms. The molecule has 0 spiro atoms. The van der Waals surface area contributed by atoms with Gasteiger partial charge in [-0.25, -0.2) is 0 Å². The third-order valence-electron chi connectivity index (χ3n) is 4.63. The molecule has 0 aliphatic carbocycles. The molecule has 2 unspecified atom stereocenters. The molecule has 182 valence electrons. The fourth-order valence-electron chi connectivity index (χ4n) is 3.27. The quantitative estimate of drug-likeness (QED) is 0.118. The average Bonchev–Trinajstić information content (AvgIpc) is 2.74. The molecule has 0 aliphatic heterocycles. The van der Waals surface area contributed by atoms with Gasteiger partial charge < -0.3 is 10.4 Å². The van der Waals surface area contributed by atoms with Gasteiger partial charge in [-0.2, -0.15) is 0 Å². The van der Waals surface area contributed by atoms with Crippen LogP contribution < -0.4 is 0 Å². The Hall–Kier alpha value is -4.36. The Morgan fingerprint density at radius 2 is 1.21 bits per heavy atom. The predicted molar refractivity (Wildman–Crippen MR) is 118 cm³/mol. The van der Waals surface area contributed by atoms with Crippen molar-refractivity contribution in [1.29, 1.82) is 0 Å². The van der Waals surface area contributed by atoms with E-state index in [1.165, 1.54) is 18.2 Å². The number of rotatable bonds is 11. The van der Waals surface area contributed by atoms with E-state index in [1.54, 1.807) is 13.0 Å². The number of aryl methyl sites for hydroxylation is 1. The molecule has 0 aromatic heterocycles. The van der Waals surface area contributed by atoms with Crippen LogP contribution >= 0.6 is 0 Å². The van der Waals surface area contributed by atoms with E-state index in [-0.39, 0.29) is 5.56 Å². The highest BCUT2D eigenvalue weighted by molar-refractivity contribution is 6.39. The van der Waals surface area contributed by atoms with Gasteiger partial charge in [-0.1, -0.05) is 40.1 Å². The molecule has 1 aromatic carbocycles. The van der Waals surface area contributed by atoms with Gasteiger partial charge in [0.2, 0.25) is 24.0 Å². The molecule has 0 radical (unpaired) electrons. The van der Waals surface area contributed by atoms with Crippen LogP contribution in [0.1, 0.15) is 45.0 Å². The van der Waals surface area contributed by atoms with Crippen molar-refractivity contribution in [2.24, 2.45) is 20.7 Å². The first-order chi connectivity index (χ1) is 16.0. The second-order valence-corrected chi connectivity index (χ2v) is 7.24. The molecule has 1 rings (SSSR count). The Kier molecular flexibility index (Phi) is 9.79. The third-order valence-corrected chi connectivity index (χ3v) is 4.63. The topological polar surface area (TPSA) is 199 Å². The minimum atomic E-state index is -2.03. The number of hydrogen-bond acceptors (Lipinski definition) is 12. The fraction of sp³-hybridized carbons (Fsp3) is 0.400. The van der Waals surface area contributed by atoms with E-state index >= 15 is 0 Å². The molecular formula is C20H24N6O8. The normalized spacial score (nSPS) is 14.4. The van der Waals surface area contributed by atoms with Gasteiger partial charge in [0.15, 0.2) is 23.1 Å². The SMILES string of the molecule is CC(=O)C(=NO)N(C(N=O)C(C)=O)C(c1cccc(C)c1)N(C(=NO)C(C)=O)C(N=O)C(C)=O. The van der Waals surface area contributed by atoms with E-state index < -0.39 is 53.3 Å². The van der Waals surface area contributed by atoms with Crippen LogP contribution in [-0.2, 0) is 19.2 Å². The Morgan fingerprint density at radius 1 is 0.794 bits per heavy atom. The number of benzene rings is 1. The summed E-state index contributed by atoms with van der Waals surface area (Å²) in [4.78, 5) is 74.0. The van der Waals surface area contributed by atoms with Gasteiger partial charge in [-0.15, -0.1) is 9.81 Å². The lowest BCUT2D eigenvalue weighted by Gasteiger charge is -2.43. The Labute approximate surface area is 193 Å². The first-order valence-corrected chi connectivity index (χ1v) is 9.71. The summed E-state index contributed by atoms with van der Waals surface area (Å²) in [6.45, 7) is 5.48. The van der Waals surface area contributed by atoms with Gasteiger partial charge in [0.05, 0.1) is 0 Å². The molecule has 0 aliphatic rings. The van der Waals surface area contributed by atoms with Crippen molar-refractivity contribution in [3.63, 3.8) is 0 Å². The zero-order valence-electron chi connectivity index (χ0n) is 19.1. The maximum atomic E-state index is 12.3. The number of nitrogens with zero attached hydrogens (tertiary/aromatic N) is 6. The molecule has 0 saturated carbocycles. The third kappa shape index (κ3) is 5.90. The van der Waals surface area contributed by atoms with Gasteiger partial charge in [0.1, 0.15) is 6.17 Å². The van der Waals surface area contributed by atoms with Crippen LogP contribution in [0.4, 0.5) is 0 Å². The van der Waals surface area contributed by atoms with E-state index in [1.807, 2.05) is 0 Å². The van der Waals surface area contributed by atoms with Crippen molar-refractivity contribution in [2.75, 3.05) is 0 Å². The molecule has 1 aromatic rings. The first kappa shape index (κ1) is 27.7. The van der Waals surface area contributed by atoms with Crippen LogP contribution in [-0.4, -0.2) is 67.4 Å². The van der Waals surface area contributed by atoms with Crippen LogP contribution in [0.3, 0.4) is 0 Å². The number of nitroso groups, excluding NO2 is 2. The van der Waals surface area contributed by atoms with Crippen LogP contribution in [0.5, 0.6) is 0 Å². The van der Waals surface area contributed by atoms with Crippen molar-refractivity contribution in [1.82, 2.24) is 9.80 Å². The summed E-state index contributed by atoms with van der Waals surface area (Å²) in [5.74, 6) is -5.47. The van der Waals surface area contributed by atoms with Crippen LogP contribution in [0.25, 0.3) is 0 Å². The molecule has 0 fully saturated rings. The van der Waals surface area contributed by atoms with E-state index in [4.69, 9.17) is 0 Å². The lowest BCUT2D eigenvalue weighted by Crippen LogP contribution is -2.58. The van der Waals surface area contributed by atoms with Gasteiger partial charge in [0, 0.05) is 13.8 Å². The summed E-state index contributed by atoms with van der Waals surface area (Å²) in [5, 5.41) is 30.4. The van der Waals surface area contributed by atoms with Crippen molar-refractivity contribution in [3.8, 4) is 0 Å². The summed E-state index contributed by atoms with van der Waals surface area (Å²) in [7, 11) is 0. The summed E-state index contributed by atoms with van der Waals surface area (Å²) in [5.41, 5.74) is 0.699. The summed E-state index contributed by atoms with van der Waals surface area (Å²) >= 11 is 0. The van der Waals surface area contributed by atoms with Crippen LogP contribution in [0.2, 0.25) is 0 Å². The van der Waals surface area contributed by atoms with Crippen molar-refractivity contribution in [3.05, 3.63) is 45.2 Å². The lowest BCUT2D eigenvalue weighted by atomic mass is 10.0. The maximum absolute atomic E-state index is 12.3. The Bertz CT molecular complexity index is 993. The maximum Gasteiger partial charge on any atom is 0.225 e. The fourth-order valence-corrected chi connectivity index (χ4v) is 3.27. The van der Waals surface area contributed by atoms with Gasteiger partial charge in [0.25, 0.3) is 0 Å². The van der Waals surface area contributed by atoms with Crippen molar-refractivity contribution >= 4 is 34.8 Å². The summed E-state index contributed by atoms with van der Waals surface area (Å²) in [6, 6.07) is 6.06. The number of Topliss-reactive ketones (excluding diaryl/α,β-unsaturated/α-hetero) is 4. The van der Waals surface area contributed by atoms with Gasteiger partial charge in [-0.3, -0.25) is 29.0 Å². The number of oxime groups is 2. The highest BCUT2D eigenvalue weighted by Crippen LogP contribution is 2.32. The molecule has 14 nitrogen and oxygen atoms in total. The number of carbonyl (C=O) groups excluding carboxylic acids is 4. The van der Waals surface area contributed by atoms with Crippen molar-refractivity contribution < 1.29 is 29.6 Å². The van der Waals surface area contributed by atoms with E-state index in [2.05, 4.69) is 20.7 Å². The minimum Gasteiger partial charge on any atom is -0.409 e. The summed E-state index contributed by atoms with van der Waals surface area (Å²) in [6.07, 6.45) is -5.83. The number of carbonyl (C=O) groups is 4. The highest BCUT2D eigenvalue weighted by atomic mass is 16.4. The molecule has 0 saturated heterocycles. The molecule has 2 atom stereocenters. The van der Waals surface area contributed by atoms with E-state index in [0.29, 0.717) is 15.4 Å². The lowest BCUT2D eigenvalue weighted by molar-refractivity contribution is -0.124. The molecule has 2 N–H and O–H groups in total. The van der Waals surface area contributed by atoms with Gasteiger partial charge in [-0.05, 0) is 36.7 Å². The zero-order valence-corrected chi connectivity index (χ0v) is 19.1. The predicted octanol–water partition coefficient (Wildman–Crippen LogP) is 1.71. The largest absolute Gasteiger partial charge is 0.409 e. The zero-order chi connectivity index (χ0) is 26.2. The van der Waals surface area contributed by atoms with Crippen LogP contribution in [0.15, 0.2) is 44.9 Å².